The Bertz CT molecular complexity index is 749. The summed E-state index contributed by atoms with van der Waals surface area (Å²) in [4.78, 5) is 14.3. The molecule has 7 nitrogen and oxygen atoms in total. The molecule has 0 radical (unpaired) electrons. The summed E-state index contributed by atoms with van der Waals surface area (Å²) >= 11 is 7.50. The van der Waals surface area contributed by atoms with Crippen LogP contribution in [0.4, 0.5) is 5.95 Å². The van der Waals surface area contributed by atoms with Crippen LogP contribution in [0.3, 0.4) is 0 Å². The van der Waals surface area contributed by atoms with Crippen molar-refractivity contribution in [1.29, 1.82) is 0 Å². The van der Waals surface area contributed by atoms with Gasteiger partial charge < -0.3 is 15.0 Å². The van der Waals surface area contributed by atoms with E-state index in [1.54, 1.807) is 0 Å². The van der Waals surface area contributed by atoms with Crippen molar-refractivity contribution in [2.24, 2.45) is 0 Å². The lowest BCUT2D eigenvalue weighted by molar-refractivity contribution is -0.118. The molecule has 0 spiro atoms. The number of nitrogens with one attached hydrogen (secondary N) is 1. The van der Waals surface area contributed by atoms with Gasteiger partial charge in [-0.1, -0.05) is 41.6 Å². The molecular formula is C17H22ClN5O2S. The van der Waals surface area contributed by atoms with Crippen LogP contribution >= 0.6 is 23.4 Å². The summed E-state index contributed by atoms with van der Waals surface area (Å²) < 4.78 is 7.42. The smallest absolute Gasteiger partial charge is 0.230 e. The number of rotatable bonds is 7. The lowest BCUT2D eigenvalue weighted by atomic mass is 10.2. The fourth-order valence-corrected chi connectivity index (χ4v) is 3.71. The van der Waals surface area contributed by atoms with Crippen molar-refractivity contribution >= 4 is 35.2 Å². The SMILES string of the molecule is CCn1c(SCC(=O)NCc2ccccc2Cl)nnc1N1CCOCC1. The van der Waals surface area contributed by atoms with Crippen molar-refractivity contribution in [3.8, 4) is 0 Å². The molecule has 140 valence electrons. The molecule has 0 saturated carbocycles. The predicted molar refractivity (Wildman–Crippen MR) is 103 cm³/mol. The highest BCUT2D eigenvalue weighted by Gasteiger charge is 2.20. The van der Waals surface area contributed by atoms with Gasteiger partial charge in [-0.25, -0.2) is 0 Å². The van der Waals surface area contributed by atoms with E-state index in [0.29, 0.717) is 24.8 Å². The second-order valence-corrected chi connectivity index (χ2v) is 7.13. The Labute approximate surface area is 162 Å². The summed E-state index contributed by atoms with van der Waals surface area (Å²) in [6.45, 7) is 6.23. The van der Waals surface area contributed by atoms with Crippen LogP contribution in [-0.2, 0) is 22.6 Å². The van der Waals surface area contributed by atoms with E-state index in [9.17, 15) is 4.79 Å². The van der Waals surface area contributed by atoms with Crippen molar-refractivity contribution in [3.05, 3.63) is 34.9 Å². The highest BCUT2D eigenvalue weighted by atomic mass is 35.5. The van der Waals surface area contributed by atoms with Crippen LogP contribution in [0, 0.1) is 0 Å². The van der Waals surface area contributed by atoms with Gasteiger partial charge in [0.25, 0.3) is 0 Å². The minimum atomic E-state index is -0.0616. The van der Waals surface area contributed by atoms with E-state index < -0.39 is 0 Å². The number of ether oxygens (including phenoxy) is 1. The van der Waals surface area contributed by atoms with Gasteiger partial charge in [0.2, 0.25) is 11.9 Å². The largest absolute Gasteiger partial charge is 0.378 e. The number of hydrogen-bond donors (Lipinski definition) is 1. The molecule has 1 saturated heterocycles. The number of carbonyl (C=O) groups is 1. The van der Waals surface area contributed by atoms with Crippen molar-refractivity contribution in [2.45, 2.75) is 25.2 Å². The number of benzene rings is 1. The van der Waals surface area contributed by atoms with E-state index in [0.717, 1.165) is 36.3 Å². The normalized spacial score (nSPS) is 14.5. The molecule has 1 aromatic carbocycles. The molecule has 1 aliphatic heterocycles. The monoisotopic (exact) mass is 395 g/mol. The molecule has 1 aliphatic rings. The standard InChI is InChI=1S/C17H22ClN5O2S/c1-2-23-16(22-7-9-25-10-8-22)20-21-17(23)26-12-15(24)19-11-13-5-3-4-6-14(13)18/h3-6H,2,7-12H2,1H3,(H,19,24). The van der Waals surface area contributed by atoms with Crippen LogP contribution < -0.4 is 10.2 Å². The molecule has 0 bridgehead atoms. The number of nitrogens with zero attached hydrogens (tertiary/aromatic N) is 4. The second-order valence-electron chi connectivity index (χ2n) is 5.78. The Morgan fingerprint density at radius 1 is 1.31 bits per heavy atom. The van der Waals surface area contributed by atoms with Crippen molar-refractivity contribution in [1.82, 2.24) is 20.1 Å². The number of thioether (sulfide) groups is 1. The molecule has 1 fully saturated rings. The Kier molecular flexibility index (Phi) is 6.76. The number of hydrogen-bond acceptors (Lipinski definition) is 6. The van der Waals surface area contributed by atoms with Crippen LogP contribution in [0.1, 0.15) is 12.5 Å². The summed E-state index contributed by atoms with van der Waals surface area (Å²) in [5, 5.41) is 12.9. The molecule has 2 aromatic rings. The highest BCUT2D eigenvalue weighted by molar-refractivity contribution is 7.99. The molecule has 2 heterocycles. The summed E-state index contributed by atoms with van der Waals surface area (Å²) in [6, 6.07) is 7.49. The van der Waals surface area contributed by atoms with Gasteiger partial charge in [0.05, 0.1) is 19.0 Å². The van der Waals surface area contributed by atoms with Crippen molar-refractivity contribution in [3.63, 3.8) is 0 Å². The first-order chi connectivity index (χ1) is 12.7. The number of aromatic nitrogens is 3. The average Bonchev–Trinajstić information content (AvgIpc) is 3.09. The van der Waals surface area contributed by atoms with Gasteiger partial charge in [0, 0.05) is 31.2 Å². The maximum absolute atomic E-state index is 12.1. The maximum Gasteiger partial charge on any atom is 0.230 e. The van der Waals surface area contributed by atoms with E-state index in [-0.39, 0.29) is 11.7 Å². The van der Waals surface area contributed by atoms with Crippen LogP contribution in [0.15, 0.2) is 29.4 Å². The van der Waals surface area contributed by atoms with Gasteiger partial charge >= 0.3 is 0 Å². The lowest BCUT2D eigenvalue weighted by Gasteiger charge is -2.27. The van der Waals surface area contributed by atoms with E-state index in [1.807, 2.05) is 28.8 Å². The van der Waals surface area contributed by atoms with E-state index >= 15 is 0 Å². The highest BCUT2D eigenvalue weighted by Crippen LogP contribution is 2.22. The van der Waals surface area contributed by atoms with E-state index in [4.69, 9.17) is 16.3 Å². The van der Waals surface area contributed by atoms with Gasteiger partial charge in [-0.3, -0.25) is 9.36 Å². The molecule has 1 aromatic heterocycles. The van der Waals surface area contributed by atoms with E-state index in [2.05, 4.69) is 27.3 Å². The fraction of sp³-hybridized carbons (Fsp3) is 0.471. The minimum Gasteiger partial charge on any atom is -0.378 e. The Morgan fingerprint density at radius 2 is 2.08 bits per heavy atom. The van der Waals surface area contributed by atoms with Gasteiger partial charge in [-0.05, 0) is 18.6 Å². The van der Waals surface area contributed by atoms with Crippen LogP contribution in [-0.4, -0.2) is 52.7 Å². The van der Waals surface area contributed by atoms with Gasteiger partial charge in [0.15, 0.2) is 5.16 Å². The summed E-state index contributed by atoms with van der Waals surface area (Å²) in [6.07, 6.45) is 0. The molecule has 26 heavy (non-hydrogen) atoms. The third kappa shape index (κ3) is 4.69. The summed E-state index contributed by atoms with van der Waals surface area (Å²) in [5.74, 6) is 1.06. The number of halogens is 1. The van der Waals surface area contributed by atoms with Crippen LogP contribution in [0.5, 0.6) is 0 Å². The van der Waals surface area contributed by atoms with Gasteiger partial charge in [0.1, 0.15) is 0 Å². The van der Waals surface area contributed by atoms with E-state index in [1.165, 1.54) is 11.8 Å². The predicted octanol–water partition coefficient (Wildman–Crippen LogP) is 2.20. The maximum atomic E-state index is 12.1. The van der Waals surface area contributed by atoms with Crippen LogP contribution in [0.2, 0.25) is 5.02 Å². The minimum absolute atomic E-state index is 0.0616. The van der Waals surface area contributed by atoms with Gasteiger partial charge in [-0.2, -0.15) is 0 Å². The molecule has 9 heteroatoms. The fourth-order valence-electron chi connectivity index (χ4n) is 2.68. The molecule has 0 unspecified atom stereocenters. The first-order valence-corrected chi connectivity index (χ1v) is 9.94. The number of carbonyl (C=O) groups excluding carboxylic acids is 1. The van der Waals surface area contributed by atoms with Crippen molar-refractivity contribution in [2.75, 3.05) is 37.0 Å². The zero-order valence-electron chi connectivity index (χ0n) is 14.7. The molecule has 1 amide bonds. The third-order valence-corrected chi connectivity index (χ3v) is 5.41. The first-order valence-electron chi connectivity index (χ1n) is 8.58. The Balaban J connectivity index is 1.54. The Hall–Kier alpha value is -1.77. The van der Waals surface area contributed by atoms with Crippen LogP contribution in [0.25, 0.3) is 0 Å². The quantitative estimate of drug-likeness (QED) is 0.724. The lowest BCUT2D eigenvalue weighted by Crippen LogP contribution is -2.38. The molecular weight excluding hydrogens is 374 g/mol. The summed E-state index contributed by atoms with van der Waals surface area (Å²) in [5.41, 5.74) is 0.902. The molecule has 1 N–H and O–H groups in total. The van der Waals surface area contributed by atoms with Gasteiger partial charge in [-0.15, -0.1) is 10.2 Å². The zero-order chi connectivity index (χ0) is 18.4. The Morgan fingerprint density at radius 3 is 2.81 bits per heavy atom. The zero-order valence-corrected chi connectivity index (χ0v) is 16.2. The third-order valence-electron chi connectivity index (χ3n) is 4.07. The average molecular weight is 396 g/mol. The number of anilines is 1. The first kappa shape index (κ1) is 19.0. The topological polar surface area (TPSA) is 72.3 Å². The number of morpholine rings is 1. The van der Waals surface area contributed by atoms with Crippen molar-refractivity contribution < 1.29 is 9.53 Å². The molecule has 3 rings (SSSR count). The summed E-state index contributed by atoms with van der Waals surface area (Å²) in [7, 11) is 0. The molecule has 0 atom stereocenters. The molecule has 0 aliphatic carbocycles. The second kappa shape index (κ2) is 9.25. The number of amides is 1.